The van der Waals surface area contributed by atoms with Gasteiger partial charge in [-0.05, 0) is 13.6 Å². The van der Waals surface area contributed by atoms with Crippen LogP contribution in [0.4, 0.5) is 0 Å². The molecule has 0 aromatic heterocycles. The van der Waals surface area contributed by atoms with Crippen molar-refractivity contribution in [2.45, 2.75) is 19.8 Å². The molecular formula is C12H26N4O3. The van der Waals surface area contributed by atoms with Crippen LogP contribution in [0, 0.1) is 0 Å². The smallest absolute Gasteiger partial charge is 0.220 e. The Hall–Kier alpha value is -1.63. The summed E-state index contributed by atoms with van der Waals surface area (Å²) in [4.78, 5) is 33.2. The summed E-state index contributed by atoms with van der Waals surface area (Å²) in [5.74, 6) is -0.168. The fourth-order valence-corrected chi connectivity index (χ4v) is 0.985. The van der Waals surface area contributed by atoms with Gasteiger partial charge in [-0.25, -0.2) is 0 Å². The molecule has 3 N–H and O–H groups in total. The second-order valence-corrected chi connectivity index (χ2v) is 3.83. The molecule has 0 atom stereocenters. The Kier molecular flexibility index (Phi) is 15.0. The van der Waals surface area contributed by atoms with Crippen LogP contribution in [0.5, 0.6) is 0 Å². The maximum absolute atomic E-state index is 11.2. The highest BCUT2D eigenvalue weighted by atomic mass is 16.2. The molecule has 0 saturated carbocycles. The van der Waals surface area contributed by atoms with Crippen LogP contribution in [-0.4, -0.2) is 63.9 Å². The van der Waals surface area contributed by atoms with Crippen LogP contribution < -0.4 is 16.0 Å². The van der Waals surface area contributed by atoms with Gasteiger partial charge >= 0.3 is 0 Å². The highest BCUT2D eigenvalue weighted by Crippen LogP contribution is 1.88. The Bertz CT molecular complexity index is 259. The Labute approximate surface area is 115 Å². The number of rotatable bonds is 8. The van der Waals surface area contributed by atoms with E-state index in [1.54, 1.807) is 14.1 Å². The molecule has 7 nitrogen and oxygen atoms in total. The molecule has 0 aliphatic heterocycles. The fourth-order valence-electron chi connectivity index (χ4n) is 0.985. The highest BCUT2D eigenvalue weighted by molar-refractivity contribution is 5.83. The number of carbonyl (C=O) groups excluding carboxylic acids is 3. The van der Waals surface area contributed by atoms with Gasteiger partial charge in [0.2, 0.25) is 18.2 Å². The average molecular weight is 274 g/mol. The first-order chi connectivity index (χ1) is 9.01. The van der Waals surface area contributed by atoms with Gasteiger partial charge in [0.25, 0.3) is 0 Å². The fraction of sp³-hybridized carbons (Fsp3) is 0.750. The van der Waals surface area contributed by atoms with Gasteiger partial charge in [-0.15, -0.1) is 0 Å². The summed E-state index contributed by atoms with van der Waals surface area (Å²) in [6.45, 7) is 4.50. The van der Waals surface area contributed by atoms with Gasteiger partial charge in [0.15, 0.2) is 0 Å². The molecule has 0 heterocycles. The lowest BCUT2D eigenvalue weighted by Crippen LogP contribution is -2.33. The number of hydrogen-bond acceptors (Lipinski definition) is 4. The van der Waals surface area contributed by atoms with E-state index in [1.165, 1.54) is 0 Å². The van der Waals surface area contributed by atoms with Crippen molar-refractivity contribution in [3.05, 3.63) is 0 Å². The molecule has 3 amide bonds. The van der Waals surface area contributed by atoms with Crippen molar-refractivity contribution in [3.8, 4) is 0 Å². The standard InChI is InChI=1S/C10H21N3O2.C2H5NO/c1-4-13(3)8-7-12-10(15)6-5-9(14)11-2;1-3-2-4/h4-8H2,1-3H3,(H,11,14)(H,12,15);2H,1H3,(H,3,4). The minimum absolute atomic E-state index is 0.0666. The van der Waals surface area contributed by atoms with Crippen molar-refractivity contribution >= 4 is 18.2 Å². The van der Waals surface area contributed by atoms with Gasteiger partial charge in [-0.3, -0.25) is 14.4 Å². The Morgan fingerprint density at radius 2 is 1.68 bits per heavy atom. The quantitative estimate of drug-likeness (QED) is 0.492. The molecule has 0 bridgehead atoms. The maximum Gasteiger partial charge on any atom is 0.220 e. The summed E-state index contributed by atoms with van der Waals surface area (Å²) in [6, 6.07) is 0. The first-order valence-electron chi connectivity index (χ1n) is 6.28. The maximum atomic E-state index is 11.2. The van der Waals surface area contributed by atoms with E-state index in [-0.39, 0.29) is 24.7 Å². The van der Waals surface area contributed by atoms with E-state index in [0.29, 0.717) is 13.0 Å². The minimum Gasteiger partial charge on any atom is -0.362 e. The van der Waals surface area contributed by atoms with Crippen molar-refractivity contribution in [2.24, 2.45) is 0 Å². The van der Waals surface area contributed by atoms with Gasteiger partial charge < -0.3 is 20.9 Å². The molecule has 7 heteroatoms. The Morgan fingerprint density at radius 3 is 2.11 bits per heavy atom. The van der Waals surface area contributed by atoms with Crippen molar-refractivity contribution < 1.29 is 14.4 Å². The summed E-state index contributed by atoms with van der Waals surface area (Å²) < 4.78 is 0. The average Bonchev–Trinajstić information content (AvgIpc) is 2.44. The molecule has 0 aromatic rings. The second kappa shape index (κ2) is 14.4. The predicted octanol–water partition coefficient (Wildman–Crippen LogP) is -1.06. The molecule has 0 aliphatic rings. The van der Waals surface area contributed by atoms with E-state index >= 15 is 0 Å². The molecule has 0 spiro atoms. The third-order valence-corrected chi connectivity index (χ3v) is 2.33. The zero-order valence-corrected chi connectivity index (χ0v) is 12.3. The molecule has 112 valence electrons. The van der Waals surface area contributed by atoms with E-state index in [0.717, 1.165) is 13.1 Å². The largest absolute Gasteiger partial charge is 0.362 e. The third kappa shape index (κ3) is 16.4. The number of hydrogen-bond donors (Lipinski definition) is 3. The van der Waals surface area contributed by atoms with Crippen molar-refractivity contribution in [3.63, 3.8) is 0 Å². The van der Waals surface area contributed by atoms with E-state index < -0.39 is 0 Å². The third-order valence-electron chi connectivity index (χ3n) is 2.33. The first-order valence-corrected chi connectivity index (χ1v) is 6.28. The number of amides is 3. The summed E-state index contributed by atoms with van der Waals surface area (Å²) in [5.41, 5.74) is 0. The van der Waals surface area contributed by atoms with Gasteiger partial charge in [-0.1, -0.05) is 6.92 Å². The lowest BCUT2D eigenvalue weighted by Gasteiger charge is -2.13. The summed E-state index contributed by atoms with van der Waals surface area (Å²) in [7, 11) is 5.13. The molecular weight excluding hydrogens is 248 g/mol. The Balaban J connectivity index is 0. The van der Waals surface area contributed by atoms with Gasteiger partial charge in [0.1, 0.15) is 0 Å². The highest BCUT2D eigenvalue weighted by Gasteiger charge is 2.04. The molecule has 0 saturated heterocycles. The van der Waals surface area contributed by atoms with Crippen molar-refractivity contribution in [1.29, 1.82) is 0 Å². The number of nitrogens with zero attached hydrogens (tertiary/aromatic N) is 1. The van der Waals surface area contributed by atoms with Crippen molar-refractivity contribution in [2.75, 3.05) is 40.8 Å². The monoisotopic (exact) mass is 274 g/mol. The van der Waals surface area contributed by atoms with Crippen LogP contribution in [0.25, 0.3) is 0 Å². The normalized spacial score (nSPS) is 9.11. The van der Waals surface area contributed by atoms with Crippen molar-refractivity contribution in [1.82, 2.24) is 20.9 Å². The zero-order valence-electron chi connectivity index (χ0n) is 12.3. The molecule has 0 aliphatic carbocycles. The van der Waals surface area contributed by atoms with E-state index in [4.69, 9.17) is 4.79 Å². The Morgan fingerprint density at radius 1 is 1.16 bits per heavy atom. The predicted molar refractivity (Wildman–Crippen MR) is 74.6 cm³/mol. The molecule has 0 rings (SSSR count). The van der Waals surface area contributed by atoms with Crippen LogP contribution in [0.2, 0.25) is 0 Å². The minimum atomic E-state index is -0.101. The molecule has 0 unspecified atom stereocenters. The summed E-state index contributed by atoms with van der Waals surface area (Å²) >= 11 is 0. The lowest BCUT2D eigenvalue weighted by atomic mass is 10.3. The SMILES string of the molecule is CCN(C)CCNC(=O)CCC(=O)NC.CNC=O. The van der Waals surface area contributed by atoms with E-state index in [1.807, 2.05) is 7.05 Å². The molecule has 0 radical (unpaired) electrons. The van der Waals surface area contributed by atoms with Gasteiger partial charge in [0, 0.05) is 40.0 Å². The van der Waals surface area contributed by atoms with Crippen LogP contribution in [0.3, 0.4) is 0 Å². The van der Waals surface area contributed by atoms with Crippen LogP contribution in [0.15, 0.2) is 0 Å². The van der Waals surface area contributed by atoms with Crippen LogP contribution >= 0.6 is 0 Å². The number of carbonyl (C=O) groups is 3. The van der Waals surface area contributed by atoms with Gasteiger partial charge in [-0.2, -0.15) is 0 Å². The van der Waals surface area contributed by atoms with Gasteiger partial charge in [0.05, 0.1) is 0 Å². The zero-order chi connectivity index (χ0) is 15.1. The lowest BCUT2D eigenvalue weighted by molar-refractivity contribution is -0.126. The summed E-state index contributed by atoms with van der Waals surface area (Å²) in [6.07, 6.45) is 1.14. The first kappa shape index (κ1) is 19.7. The number of nitrogens with one attached hydrogen (secondary N) is 3. The number of likely N-dealkylation sites (N-methyl/N-ethyl adjacent to an activating group) is 1. The summed E-state index contributed by atoms with van der Waals surface area (Å²) in [5, 5.41) is 7.49. The topological polar surface area (TPSA) is 90.5 Å². The second-order valence-electron chi connectivity index (χ2n) is 3.83. The molecule has 0 aromatic carbocycles. The van der Waals surface area contributed by atoms with Crippen LogP contribution in [-0.2, 0) is 14.4 Å². The molecule has 19 heavy (non-hydrogen) atoms. The van der Waals surface area contributed by atoms with Crippen LogP contribution in [0.1, 0.15) is 19.8 Å². The van der Waals surface area contributed by atoms with E-state index in [9.17, 15) is 9.59 Å². The molecule has 0 fully saturated rings. The van der Waals surface area contributed by atoms with E-state index in [2.05, 4.69) is 27.8 Å².